The maximum Gasteiger partial charge on any atom is 0.417 e. The Morgan fingerprint density at radius 2 is 1.61 bits per heavy atom. The Balaban J connectivity index is 1.80. The van der Waals surface area contributed by atoms with Crippen molar-refractivity contribution in [2.24, 2.45) is 0 Å². The second kappa shape index (κ2) is 14.8. The third kappa shape index (κ3) is 8.48. The zero-order chi connectivity index (χ0) is 33.8. The summed E-state index contributed by atoms with van der Waals surface area (Å²) in [7, 11) is -4.60. The van der Waals surface area contributed by atoms with Gasteiger partial charge in [0, 0.05) is 22.6 Å². The summed E-state index contributed by atoms with van der Waals surface area (Å²) >= 11 is 18.3. The first-order valence-electron chi connectivity index (χ1n) is 14.6. The lowest BCUT2D eigenvalue weighted by atomic mass is 10.1. The van der Waals surface area contributed by atoms with Gasteiger partial charge in [-0.3, -0.25) is 13.9 Å². The van der Waals surface area contributed by atoms with Crippen LogP contribution in [0, 0.1) is 6.92 Å². The molecule has 14 heteroatoms. The molecule has 1 aliphatic carbocycles. The van der Waals surface area contributed by atoms with E-state index in [1.54, 1.807) is 26.0 Å². The number of carbonyl (C=O) groups is 2. The molecule has 0 aromatic heterocycles. The Bertz CT molecular complexity index is 1680. The van der Waals surface area contributed by atoms with Gasteiger partial charge in [0.2, 0.25) is 11.8 Å². The molecule has 0 aliphatic heterocycles. The minimum atomic E-state index is -4.90. The van der Waals surface area contributed by atoms with Crippen LogP contribution in [0.2, 0.25) is 15.1 Å². The van der Waals surface area contributed by atoms with E-state index in [-0.39, 0.29) is 28.9 Å². The second-order valence-corrected chi connectivity index (χ2v) is 14.3. The minimum absolute atomic E-state index is 0.0640. The van der Waals surface area contributed by atoms with Crippen LogP contribution in [-0.2, 0) is 32.3 Å². The first-order valence-corrected chi connectivity index (χ1v) is 17.2. The molecule has 1 atom stereocenters. The predicted molar refractivity (Wildman–Crippen MR) is 174 cm³/mol. The van der Waals surface area contributed by atoms with Crippen LogP contribution in [-0.4, -0.2) is 43.8 Å². The van der Waals surface area contributed by atoms with Crippen molar-refractivity contribution in [1.82, 2.24) is 10.2 Å². The van der Waals surface area contributed by atoms with E-state index < -0.39 is 56.9 Å². The molecular formula is C32H33Cl3F3N3O4S. The number of carbonyl (C=O) groups excluding carboxylic acids is 2. The molecule has 0 spiro atoms. The van der Waals surface area contributed by atoms with E-state index in [4.69, 9.17) is 34.8 Å². The van der Waals surface area contributed by atoms with Gasteiger partial charge in [-0.25, -0.2) is 8.42 Å². The average Bonchev–Trinajstić information content (AvgIpc) is 3.49. The summed E-state index contributed by atoms with van der Waals surface area (Å²) in [5.74, 6) is -1.26. The van der Waals surface area contributed by atoms with Crippen molar-refractivity contribution in [1.29, 1.82) is 0 Å². The van der Waals surface area contributed by atoms with Crippen molar-refractivity contribution in [2.75, 3.05) is 10.8 Å². The van der Waals surface area contributed by atoms with Crippen LogP contribution in [0.3, 0.4) is 0 Å². The number of hydrogen-bond donors (Lipinski definition) is 1. The number of aryl methyl sites for hydroxylation is 1. The van der Waals surface area contributed by atoms with E-state index in [0.29, 0.717) is 21.0 Å². The summed E-state index contributed by atoms with van der Waals surface area (Å²) in [6.45, 7) is 2.33. The molecule has 1 aliphatic rings. The highest BCUT2D eigenvalue weighted by molar-refractivity contribution is 7.92. The Morgan fingerprint density at radius 3 is 2.20 bits per heavy atom. The van der Waals surface area contributed by atoms with Crippen LogP contribution < -0.4 is 9.62 Å². The number of rotatable bonds is 11. The lowest BCUT2D eigenvalue weighted by molar-refractivity contribution is -0.140. The first kappa shape index (κ1) is 35.9. The third-order valence-electron chi connectivity index (χ3n) is 7.87. The quantitative estimate of drug-likeness (QED) is 0.218. The minimum Gasteiger partial charge on any atom is -0.352 e. The van der Waals surface area contributed by atoms with Gasteiger partial charge in [0.05, 0.1) is 21.2 Å². The summed E-state index contributed by atoms with van der Waals surface area (Å²) in [5.41, 5.74) is -0.517. The number of nitrogens with zero attached hydrogens (tertiary/aromatic N) is 2. The molecule has 0 radical (unpaired) electrons. The molecule has 1 saturated carbocycles. The first-order chi connectivity index (χ1) is 21.6. The summed E-state index contributed by atoms with van der Waals surface area (Å²) in [6, 6.07) is 11.8. The van der Waals surface area contributed by atoms with E-state index in [1.165, 1.54) is 35.2 Å². The molecule has 0 heterocycles. The number of anilines is 1. The van der Waals surface area contributed by atoms with Crippen LogP contribution in [0.25, 0.3) is 0 Å². The van der Waals surface area contributed by atoms with Gasteiger partial charge in [-0.2, -0.15) is 13.2 Å². The van der Waals surface area contributed by atoms with Crippen LogP contribution in [0.4, 0.5) is 18.9 Å². The summed E-state index contributed by atoms with van der Waals surface area (Å²) in [6.07, 6.45) is -1.24. The van der Waals surface area contributed by atoms with Crippen molar-refractivity contribution in [2.45, 2.75) is 75.7 Å². The molecule has 7 nitrogen and oxygen atoms in total. The Kier molecular flexibility index (Phi) is 11.6. The maximum atomic E-state index is 14.3. The standard InChI is InChI=1S/C32H33Cl3F3N3O4S/c1-3-29(31(43)39-23-6-4-5-7-23)40(18-21-10-11-22(33)16-28(21)35)30(42)19-41(46(44,45)25-13-8-20(2)9-14-25)24-12-15-27(34)26(17-24)32(36,37)38/h8-17,23,29H,3-7,18-19H2,1-2H3,(H,39,43). The van der Waals surface area contributed by atoms with Gasteiger partial charge >= 0.3 is 6.18 Å². The zero-order valence-corrected chi connectivity index (χ0v) is 28.2. The molecule has 1 fully saturated rings. The fourth-order valence-corrected chi connectivity index (χ4v) is 7.47. The van der Waals surface area contributed by atoms with Crippen LogP contribution in [0.15, 0.2) is 65.6 Å². The van der Waals surface area contributed by atoms with Gasteiger partial charge in [0.25, 0.3) is 10.0 Å². The number of alkyl halides is 3. The summed E-state index contributed by atoms with van der Waals surface area (Å²) < 4.78 is 70.3. The molecule has 4 rings (SSSR count). The van der Waals surface area contributed by atoms with Crippen LogP contribution >= 0.6 is 34.8 Å². The normalized spacial score (nSPS) is 14.6. The van der Waals surface area contributed by atoms with Gasteiger partial charge in [-0.1, -0.05) is 78.3 Å². The van der Waals surface area contributed by atoms with E-state index in [1.807, 2.05) is 0 Å². The fourth-order valence-electron chi connectivity index (χ4n) is 5.37. The Labute approximate surface area is 281 Å². The Hall–Kier alpha value is -2.99. The average molecular weight is 719 g/mol. The fraction of sp³-hybridized carbons (Fsp3) is 0.375. The molecule has 1 N–H and O–H groups in total. The summed E-state index contributed by atoms with van der Waals surface area (Å²) in [4.78, 5) is 28.8. The highest BCUT2D eigenvalue weighted by Crippen LogP contribution is 2.38. The number of hydrogen-bond acceptors (Lipinski definition) is 4. The topological polar surface area (TPSA) is 86.8 Å². The largest absolute Gasteiger partial charge is 0.417 e. The highest BCUT2D eigenvalue weighted by Gasteiger charge is 2.37. The highest BCUT2D eigenvalue weighted by atomic mass is 35.5. The number of nitrogens with one attached hydrogen (secondary N) is 1. The van der Waals surface area contributed by atoms with Crippen molar-refractivity contribution in [3.05, 3.63) is 92.4 Å². The van der Waals surface area contributed by atoms with Gasteiger partial charge in [0.15, 0.2) is 0 Å². The number of amides is 2. The Morgan fingerprint density at radius 1 is 0.957 bits per heavy atom. The monoisotopic (exact) mass is 717 g/mol. The smallest absolute Gasteiger partial charge is 0.352 e. The van der Waals surface area contributed by atoms with Gasteiger partial charge in [-0.05, 0) is 74.2 Å². The van der Waals surface area contributed by atoms with Gasteiger partial charge < -0.3 is 10.2 Å². The van der Waals surface area contributed by atoms with Crippen molar-refractivity contribution in [3.8, 4) is 0 Å². The van der Waals surface area contributed by atoms with E-state index >= 15 is 0 Å². The molecule has 0 bridgehead atoms. The molecule has 1 unspecified atom stereocenters. The second-order valence-electron chi connectivity index (χ2n) is 11.2. The van der Waals surface area contributed by atoms with Crippen molar-refractivity contribution >= 4 is 62.3 Å². The lowest BCUT2D eigenvalue weighted by Crippen LogP contribution is -2.53. The van der Waals surface area contributed by atoms with E-state index in [0.717, 1.165) is 43.4 Å². The molecule has 3 aromatic carbocycles. The third-order valence-corrected chi connectivity index (χ3v) is 10.6. The maximum absolute atomic E-state index is 14.3. The van der Waals surface area contributed by atoms with Gasteiger partial charge in [0.1, 0.15) is 12.6 Å². The molecule has 248 valence electrons. The van der Waals surface area contributed by atoms with Crippen molar-refractivity contribution < 1.29 is 31.2 Å². The molecule has 46 heavy (non-hydrogen) atoms. The summed E-state index contributed by atoms with van der Waals surface area (Å²) in [5, 5.41) is 2.92. The number of sulfonamides is 1. The van der Waals surface area contributed by atoms with Crippen LogP contribution in [0.5, 0.6) is 0 Å². The van der Waals surface area contributed by atoms with E-state index in [9.17, 15) is 31.2 Å². The molecular weight excluding hydrogens is 686 g/mol. The van der Waals surface area contributed by atoms with Gasteiger partial charge in [-0.15, -0.1) is 0 Å². The van der Waals surface area contributed by atoms with Crippen molar-refractivity contribution in [3.63, 3.8) is 0 Å². The molecule has 2 amide bonds. The number of halogens is 6. The van der Waals surface area contributed by atoms with Crippen LogP contribution in [0.1, 0.15) is 55.7 Å². The molecule has 0 saturated heterocycles. The lowest BCUT2D eigenvalue weighted by Gasteiger charge is -2.34. The molecule has 3 aromatic rings. The van der Waals surface area contributed by atoms with E-state index in [2.05, 4.69) is 5.32 Å². The predicted octanol–water partition coefficient (Wildman–Crippen LogP) is 8.04. The SMILES string of the molecule is CCC(C(=O)NC1CCCC1)N(Cc1ccc(Cl)cc1Cl)C(=O)CN(c1ccc(Cl)c(C(F)(F)F)c1)S(=O)(=O)c1ccc(C)cc1. The zero-order valence-electron chi connectivity index (χ0n) is 25.1. The number of benzene rings is 3.